The van der Waals surface area contributed by atoms with Gasteiger partial charge >= 0.3 is 0 Å². The van der Waals surface area contributed by atoms with Crippen LogP contribution in [0.1, 0.15) is 46.5 Å². The summed E-state index contributed by atoms with van der Waals surface area (Å²) in [4.78, 5) is 14.7. The smallest absolute Gasteiger partial charge is 0.228 e. The van der Waals surface area contributed by atoms with Crippen molar-refractivity contribution in [1.82, 2.24) is 10.2 Å². The van der Waals surface area contributed by atoms with E-state index in [0.717, 1.165) is 45.5 Å². The summed E-state index contributed by atoms with van der Waals surface area (Å²) < 4.78 is 5.54. The van der Waals surface area contributed by atoms with Crippen LogP contribution in [0.3, 0.4) is 0 Å². The average Bonchev–Trinajstić information content (AvgIpc) is 2.90. The normalized spacial score (nSPS) is 34.5. The molecule has 0 bridgehead atoms. The van der Waals surface area contributed by atoms with Gasteiger partial charge in [-0.15, -0.1) is 0 Å². The molecule has 116 valence electrons. The van der Waals surface area contributed by atoms with Gasteiger partial charge in [0.05, 0.1) is 12.0 Å². The number of piperidine rings is 1. The number of ether oxygens (including phenoxy) is 1. The number of hydrogen-bond acceptors (Lipinski definition) is 3. The molecular weight excluding hydrogens is 252 g/mol. The van der Waals surface area contributed by atoms with E-state index in [2.05, 4.69) is 24.1 Å². The fourth-order valence-corrected chi connectivity index (χ4v) is 3.54. The fourth-order valence-electron chi connectivity index (χ4n) is 3.54. The molecule has 1 amide bonds. The predicted molar refractivity (Wildman–Crippen MR) is 80.6 cm³/mol. The minimum absolute atomic E-state index is 0.0904. The Bertz CT molecular complexity index is 322. The summed E-state index contributed by atoms with van der Waals surface area (Å²) in [6.07, 6.45) is 4.39. The van der Waals surface area contributed by atoms with Crippen LogP contribution in [0.25, 0.3) is 0 Å². The Morgan fingerprint density at radius 2 is 2.15 bits per heavy atom. The van der Waals surface area contributed by atoms with E-state index >= 15 is 0 Å². The predicted octanol–water partition coefficient (Wildman–Crippen LogP) is 2.04. The van der Waals surface area contributed by atoms with Crippen LogP contribution in [-0.4, -0.2) is 49.2 Å². The first-order chi connectivity index (χ1) is 9.67. The highest BCUT2D eigenvalue weighted by Gasteiger charge is 2.37. The van der Waals surface area contributed by atoms with Crippen LogP contribution in [0, 0.1) is 11.8 Å². The molecule has 0 radical (unpaired) electrons. The van der Waals surface area contributed by atoms with Crippen LogP contribution >= 0.6 is 0 Å². The topological polar surface area (TPSA) is 41.6 Å². The van der Waals surface area contributed by atoms with Gasteiger partial charge in [-0.2, -0.15) is 0 Å². The number of hydrogen-bond donors (Lipinski definition) is 1. The van der Waals surface area contributed by atoms with Crippen molar-refractivity contribution in [3.05, 3.63) is 0 Å². The van der Waals surface area contributed by atoms with Crippen molar-refractivity contribution in [1.29, 1.82) is 0 Å². The van der Waals surface area contributed by atoms with Crippen molar-refractivity contribution in [2.75, 3.05) is 26.2 Å². The summed E-state index contributed by atoms with van der Waals surface area (Å²) in [5.41, 5.74) is 0. The molecule has 2 rings (SSSR count). The highest BCUT2D eigenvalue weighted by molar-refractivity contribution is 5.79. The van der Waals surface area contributed by atoms with Gasteiger partial charge in [0.2, 0.25) is 5.91 Å². The molecule has 2 fully saturated rings. The molecule has 4 nitrogen and oxygen atoms in total. The Labute approximate surface area is 123 Å². The number of amides is 1. The molecule has 2 heterocycles. The molecule has 4 unspecified atom stereocenters. The van der Waals surface area contributed by atoms with E-state index in [4.69, 9.17) is 4.74 Å². The molecule has 0 aromatic heterocycles. The standard InChI is InChI=1S/C16H30N2O2/c1-4-8-17-15-6-9-18(11-13(15)5-2)16(19)14-7-10-20-12(14)3/h12-15,17H,4-11H2,1-3H3. The monoisotopic (exact) mass is 282 g/mol. The van der Waals surface area contributed by atoms with Gasteiger partial charge in [0.15, 0.2) is 0 Å². The highest BCUT2D eigenvalue weighted by Crippen LogP contribution is 2.27. The molecule has 1 N–H and O–H groups in total. The summed E-state index contributed by atoms with van der Waals surface area (Å²) in [7, 11) is 0. The lowest BCUT2D eigenvalue weighted by atomic mass is 9.88. The second kappa shape index (κ2) is 7.41. The van der Waals surface area contributed by atoms with E-state index in [-0.39, 0.29) is 12.0 Å². The zero-order valence-corrected chi connectivity index (χ0v) is 13.2. The van der Waals surface area contributed by atoms with Gasteiger partial charge in [-0.1, -0.05) is 20.3 Å². The van der Waals surface area contributed by atoms with Crippen LogP contribution in [0.4, 0.5) is 0 Å². The molecule has 0 aromatic rings. The number of carbonyl (C=O) groups excluding carboxylic acids is 1. The SMILES string of the molecule is CCCNC1CCN(C(=O)C2CCOC2C)CC1CC. The van der Waals surface area contributed by atoms with Crippen molar-refractivity contribution in [2.45, 2.75) is 58.6 Å². The first-order valence-electron chi connectivity index (χ1n) is 8.31. The minimum atomic E-state index is 0.0904. The van der Waals surface area contributed by atoms with Gasteiger partial charge < -0.3 is 15.0 Å². The molecule has 2 aliphatic rings. The number of nitrogens with zero attached hydrogens (tertiary/aromatic N) is 1. The van der Waals surface area contributed by atoms with Gasteiger partial charge in [0, 0.05) is 25.7 Å². The zero-order chi connectivity index (χ0) is 14.5. The third-order valence-electron chi connectivity index (χ3n) is 4.92. The van der Waals surface area contributed by atoms with Crippen molar-refractivity contribution < 1.29 is 9.53 Å². The molecule has 2 saturated heterocycles. The maximum Gasteiger partial charge on any atom is 0.228 e. The Morgan fingerprint density at radius 3 is 2.75 bits per heavy atom. The van der Waals surface area contributed by atoms with Gasteiger partial charge in [-0.25, -0.2) is 0 Å². The van der Waals surface area contributed by atoms with Gasteiger partial charge in [0.1, 0.15) is 0 Å². The summed E-state index contributed by atoms with van der Waals surface area (Å²) >= 11 is 0. The number of likely N-dealkylation sites (tertiary alicyclic amines) is 1. The summed E-state index contributed by atoms with van der Waals surface area (Å²) in [6.45, 7) is 10.1. The quantitative estimate of drug-likeness (QED) is 0.839. The van der Waals surface area contributed by atoms with Crippen molar-refractivity contribution in [3.8, 4) is 0 Å². The Morgan fingerprint density at radius 1 is 1.35 bits per heavy atom. The van der Waals surface area contributed by atoms with E-state index in [9.17, 15) is 4.79 Å². The first kappa shape index (κ1) is 15.8. The Hall–Kier alpha value is -0.610. The van der Waals surface area contributed by atoms with Crippen LogP contribution in [0.5, 0.6) is 0 Å². The van der Waals surface area contributed by atoms with Crippen molar-refractivity contribution >= 4 is 5.91 Å². The molecule has 0 saturated carbocycles. The second-order valence-electron chi connectivity index (χ2n) is 6.27. The average molecular weight is 282 g/mol. The molecule has 4 heteroatoms. The number of nitrogens with one attached hydrogen (secondary N) is 1. The molecule has 0 spiro atoms. The summed E-state index contributed by atoms with van der Waals surface area (Å²) in [5.74, 6) is 1.01. The summed E-state index contributed by atoms with van der Waals surface area (Å²) in [5, 5.41) is 3.65. The first-order valence-corrected chi connectivity index (χ1v) is 8.31. The van der Waals surface area contributed by atoms with Crippen LogP contribution in [0.15, 0.2) is 0 Å². The van der Waals surface area contributed by atoms with Gasteiger partial charge in [-0.3, -0.25) is 4.79 Å². The van der Waals surface area contributed by atoms with Gasteiger partial charge in [-0.05, 0) is 38.6 Å². The maximum absolute atomic E-state index is 12.6. The highest BCUT2D eigenvalue weighted by atomic mass is 16.5. The molecule has 2 aliphatic heterocycles. The molecule has 0 aliphatic carbocycles. The minimum Gasteiger partial charge on any atom is -0.378 e. The van der Waals surface area contributed by atoms with E-state index in [1.807, 2.05) is 6.92 Å². The van der Waals surface area contributed by atoms with E-state index in [1.54, 1.807) is 0 Å². The lowest BCUT2D eigenvalue weighted by Gasteiger charge is -2.40. The third-order valence-corrected chi connectivity index (χ3v) is 4.92. The van der Waals surface area contributed by atoms with Gasteiger partial charge in [0.25, 0.3) is 0 Å². The largest absolute Gasteiger partial charge is 0.378 e. The Kier molecular flexibility index (Phi) is 5.85. The van der Waals surface area contributed by atoms with Crippen molar-refractivity contribution in [2.24, 2.45) is 11.8 Å². The van der Waals surface area contributed by atoms with Crippen molar-refractivity contribution in [3.63, 3.8) is 0 Å². The zero-order valence-electron chi connectivity index (χ0n) is 13.2. The van der Waals surface area contributed by atoms with E-state index in [1.165, 1.54) is 6.42 Å². The molecule has 0 aromatic carbocycles. The van der Waals surface area contributed by atoms with E-state index < -0.39 is 0 Å². The third kappa shape index (κ3) is 3.53. The fraction of sp³-hybridized carbons (Fsp3) is 0.938. The second-order valence-corrected chi connectivity index (χ2v) is 6.27. The maximum atomic E-state index is 12.6. The van der Waals surface area contributed by atoms with E-state index in [0.29, 0.717) is 17.9 Å². The molecular formula is C16H30N2O2. The van der Waals surface area contributed by atoms with Crippen LogP contribution < -0.4 is 5.32 Å². The molecule has 20 heavy (non-hydrogen) atoms. The Balaban J connectivity index is 1.90. The summed E-state index contributed by atoms with van der Waals surface area (Å²) in [6, 6.07) is 0.584. The number of carbonyl (C=O) groups is 1. The number of rotatable bonds is 5. The lowest BCUT2D eigenvalue weighted by molar-refractivity contribution is -0.139. The van der Waals surface area contributed by atoms with Crippen LogP contribution in [0.2, 0.25) is 0 Å². The van der Waals surface area contributed by atoms with Crippen LogP contribution in [-0.2, 0) is 9.53 Å². The lowest BCUT2D eigenvalue weighted by Crippen LogP contribution is -2.52. The molecule has 4 atom stereocenters.